The van der Waals surface area contributed by atoms with E-state index in [9.17, 15) is 22.8 Å². The van der Waals surface area contributed by atoms with Crippen LogP contribution in [0, 0.1) is 17.5 Å². The van der Waals surface area contributed by atoms with Crippen LogP contribution in [0.2, 0.25) is 0 Å². The normalized spacial score (nSPS) is 9.80. The molecule has 0 unspecified atom stereocenters. The van der Waals surface area contributed by atoms with Gasteiger partial charge in [0, 0.05) is 12.1 Å². The third-order valence-electron chi connectivity index (χ3n) is 1.44. The molecule has 4 nitrogen and oxygen atoms in total. The van der Waals surface area contributed by atoms with Crippen molar-refractivity contribution in [2.45, 2.75) is 0 Å². The molecule has 0 saturated carbocycles. The minimum Gasteiger partial charge on any atom is -0.474 e. The number of carbonyl (C=O) groups excluding carboxylic acids is 1. The number of anilines is 1. The van der Waals surface area contributed by atoms with Crippen LogP contribution in [-0.2, 0) is 9.59 Å². The molecule has 0 saturated heterocycles. The van der Waals surface area contributed by atoms with Crippen LogP contribution in [0.4, 0.5) is 18.9 Å². The molecule has 0 bridgehead atoms. The molecule has 0 aliphatic carbocycles. The summed E-state index contributed by atoms with van der Waals surface area (Å²) in [6.45, 7) is 0. The number of nitrogens with one attached hydrogen (secondary N) is 1. The molecule has 0 aromatic heterocycles. The average Bonchev–Trinajstić information content (AvgIpc) is 2.10. The Bertz CT molecular complexity index is 410. The Morgan fingerprint density at radius 1 is 1.13 bits per heavy atom. The van der Waals surface area contributed by atoms with Crippen molar-refractivity contribution in [1.82, 2.24) is 0 Å². The number of rotatable bonds is 1. The number of aliphatic carboxylic acids is 1. The fraction of sp³-hybridized carbons (Fsp3) is 0. The van der Waals surface area contributed by atoms with E-state index in [1.54, 1.807) is 0 Å². The van der Waals surface area contributed by atoms with Crippen molar-refractivity contribution in [3.8, 4) is 0 Å². The van der Waals surface area contributed by atoms with Gasteiger partial charge in [0.1, 0.15) is 11.5 Å². The Morgan fingerprint density at radius 2 is 1.60 bits per heavy atom. The number of halogens is 3. The lowest BCUT2D eigenvalue weighted by molar-refractivity contribution is -0.147. The van der Waals surface area contributed by atoms with Gasteiger partial charge in [-0.25, -0.2) is 18.0 Å². The van der Waals surface area contributed by atoms with E-state index in [2.05, 4.69) is 0 Å². The summed E-state index contributed by atoms with van der Waals surface area (Å²) in [5.41, 5.74) is -0.996. The molecule has 0 aliphatic heterocycles. The predicted molar refractivity (Wildman–Crippen MR) is 42.6 cm³/mol. The number of carboxylic acid groups (broad SMARTS) is 1. The molecule has 0 spiro atoms. The van der Waals surface area contributed by atoms with Crippen LogP contribution in [-0.4, -0.2) is 17.0 Å². The van der Waals surface area contributed by atoms with E-state index in [1.165, 1.54) is 5.32 Å². The van der Waals surface area contributed by atoms with Crippen molar-refractivity contribution in [3.63, 3.8) is 0 Å². The van der Waals surface area contributed by atoms with E-state index in [-0.39, 0.29) is 0 Å². The Labute approximate surface area is 81.3 Å². The van der Waals surface area contributed by atoms with Gasteiger partial charge < -0.3 is 10.4 Å². The first-order valence-corrected chi connectivity index (χ1v) is 3.60. The molecule has 0 radical (unpaired) electrons. The van der Waals surface area contributed by atoms with Gasteiger partial charge in [-0.1, -0.05) is 0 Å². The second-order valence-electron chi connectivity index (χ2n) is 2.50. The fourth-order valence-electron chi connectivity index (χ4n) is 0.829. The monoisotopic (exact) mass is 219 g/mol. The lowest BCUT2D eigenvalue weighted by Gasteiger charge is -2.04. The van der Waals surface area contributed by atoms with Gasteiger partial charge in [0.2, 0.25) is 0 Å². The number of carbonyl (C=O) groups is 2. The minimum absolute atomic E-state index is 0.320. The summed E-state index contributed by atoms with van der Waals surface area (Å²) in [5.74, 6) is -7.46. The van der Waals surface area contributed by atoms with Crippen molar-refractivity contribution in [2.75, 3.05) is 5.32 Å². The minimum atomic E-state index is -1.90. The smallest absolute Gasteiger partial charge is 0.394 e. The third-order valence-corrected chi connectivity index (χ3v) is 1.44. The Hall–Kier alpha value is -2.05. The third kappa shape index (κ3) is 2.46. The maximum atomic E-state index is 12.8. The second kappa shape index (κ2) is 3.99. The van der Waals surface area contributed by atoms with Gasteiger partial charge in [0.15, 0.2) is 11.6 Å². The highest BCUT2D eigenvalue weighted by atomic mass is 19.1. The van der Waals surface area contributed by atoms with Crippen molar-refractivity contribution < 1.29 is 27.9 Å². The zero-order valence-electron chi connectivity index (χ0n) is 7.05. The number of carboxylic acids is 1. The predicted octanol–water partition coefficient (Wildman–Crippen LogP) is 1.13. The van der Waals surface area contributed by atoms with Crippen LogP contribution >= 0.6 is 0 Å². The van der Waals surface area contributed by atoms with E-state index < -0.39 is 35.0 Å². The lowest BCUT2D eigenvalue weighted by Crippen LogP contribution is -2.23. The standard InChI is InChI=1S/C8H4F3NO3/c9-3-1-4(10)6(5(11)2-3)12-7(13)8(14)15/h1-2H,(H,12,13)(H,14,15). The van der Waals surface area contributed by atoms with Gasteiger partial charge in [-0.05, 0) is 0 Å². The average molecular weight is 219 g/mol. The van der Waals surface area contributed by atoms with Crippen LogP contribution in [0.15, 0.2) is 12.1 Å². The molecule has 1 aromatic carbocycles. The molecule has 15 heavy (non-hydrogen) atoms. The molecule has 1 amide bonds. The van der Waals surface area contributed by atoms with E-state index in [0.717, 1.165) is 0 Å². The SMILES string of the molecule is O=C(O)C(=O)Nc1c(F)cc(F)cc1F. The summed E-state index contributed by atoms with van der Waals surface area (Å²) in [7, 11) is 0. The largest absolute Gasteiger partial charge is 0.474 e. The molecule has 0 fully saturated rings. The summed E-state index contributed by atoms with van der Waals surface area (Å²) in [4.78, 5) is 20.6. The Kier molecular flexibility index (Phi) is 2.93. The summed E-state index contributed by atoms with van der Waals surface area (Å²) >= 11 is 0. The van der Waals surface area contributed by atoms with Gasteiger partial charge in [-0.3, -0.25) is 4.79 Å². The van der Waals surface area contributed by atoms with Crippen molar-refractivity contribution >= 4 is 17.6 Å². The van der Waals surface area contributed by atoms with Crippen LogP contribution in [0.25, 0.3) is 0 Å². The first kappa shape index (κ1) is 11.0. The first-order chi connectivity index (χ1) is 6.91. The highest BCUT2D eigenvalue weighted by molar-refractivity contribution is 6.36. The molecular weight excluding hydrogens is 215 g/mol. The highest BCUT2D eigenvalue weighted by Gasteiger charge is 2.18. The fourth-order valence-corrected chi connectivity index (χ4v) is 0.829. The van der Waals surface area contributed by atoms with Crippen molar-refractivity contribution in [1.29, 1.82) is 0 Å². The quantitative estimate of drug-likeness (QED) is 0.695. The summed E-state index contributed by atoms with van der Waals surface area (Å²) < 4.78 is 38.1. The van der Waals surface area contributed by atoms with Gasteiger partial charge in [0.05, 0.1) is 0 Å². The van der Waals surface area contributed by atoms with Gasteiger partial charge >= 0.3 is 11.9 Å². The molecule has 0 aliphatic rings. The molecule has 1 aromatic rings. The van der Waals surface area contributed by atoms with E-state index in [1.807, 2.05) is 0 Å². The number of amides is 1. The topological polar surface area (TPSA) is 66.4 Å². The Morgan fingerprint density at radius 3 is 2.00 bits per heavy atom. The molecular formula is C8H4F3NO3. The number of hydrogen-bond donors (Lipinski definition) is 2. The van der Waals surface area contributed by atoms with E-state index in [4.69, 9.17) is 5.11 Å². The maximum Gasteiger partial charge on any atom is 0.394 e. The summed E-state index contributed by atoms with van der Waals surface area (Å²) in [5, 5.41) is 9.60. The summed E-state index contributed by atoms with van der Waals surface area (Å²) in [6.07, 6.45) is 0. The van der Waals surface area contributed by atoms with Gasteiger partial charge in [-0.2, -0.15) is 0 Å². The highest BCUT2D eigenvalue weighted by Crippen LogP contribution is 2.19. The number of hydrogen-bond acceptors (Lipinski definition) is 2. The lowest BCUT2D eigenvalue weighted by atomic mass is 10.2. The van der Waals surface area contributed by atoms with Crippen molar-refractivity contribution in [3.05, 3.63) is 29.6 Å². The Balaban J connectivity index is 3.05. The van der Waals surface area contributed by atoms with Crippen molar-refractivity contribution in [2.24, 2.45) is 0 Å². The van der Waals surface area contributed by atoms with Crippen LogP contribution in [0.1, 0.15) is 0 Å². The molecule has 7 heteroatoms. The van der Waals surface area contributed by atoms with Gasteiger partial charge in [0.25, 0.3) is 0 Å². The molecule has 0 heterocycles. The van der Waals surface area contributed by atoms with Crippen LogP contribution in [0.3, 0.4) is 0 Å². The van der Waals surface area contributed by atoms with Crippen LogP contribution in [0.5, 0.6) is 0 Å². The maximum absolute atomic E-state index is 12.8. The van der Waals surface area contributed by atoms with E-state index in [0.29, 0.717) is 12.1 Å². The molecule has 1 rings (SSSR count). The second-order valence-corrected chi connectivity index (χ2v) is 2.50. The zero-order chi connectivity index (χ0) is 11.6. The zero-order valence-corrected chi connectivity index (χ0v) is 7.05. The van der Waals surface area contributed by atoms with Crippen LogP contribution < -0.4 is 5.32 Å². The summed E-state index contributed by atoms with van der Waals surface area (Å²) in [6, 6.07) is 0.640. The van der Waals surface area contributed by atoms with Gasteiger partial charge in [-0.15, -0.1) is 0 Å². The van der Waals surface area contributed by atoms with E-state index >= 15 is 0 Å². The molecule has 80 valence electrons. The number of benzene rings is 1. The molecule has 2 N–H and O–H groups in total. The molecule has 0 atom stereocenters. The first-order valence-electron chi connectivity index (χ1n) is 3.60.